The van der Waals surface area contributed by atoms with Crippen LogP contribution < -0.4 is 5.73 Å². The average Bonchev–Trinajstić information content (AvgIpc) is 2.75. The molecule has 1 atom stereocenters. The number of hydrogen-bond donors (Lipinski definition) is 2. The molecule has 0 spiro atoms. The minimum atomic E-state index is 0.215. The van der Waals surface area contributed by atoms with Crippen LogP contribution in [-0.4, -0.2) is 16.2 Å². The Morgan fingerprint density at radius 1 is 1.21 bits per heavy atom. The molecule has 4 saturated carbocycles. The van der Waals surface area contributed by atoms with Crippen LogP contribution >= 0.6 is 0 Å². The Balaban J connectivity index is 1.57. The van der Waals surface area contributed by atoms with Gasteiger partial charge in [0, 0.05) is 24.1 Å². The predicted octanol–water partition coefficient (Wildman–Crippen LogP) is 2.84. The maximum atomic E-state index is 5.88. The summed E-state index contributed by atoms with van der Waals surface area (Å²) in [4.78, 5) is 0. The molecule has 4 aliphatic carbocycles. The van der Waals surface area contributed by atoms with E-state index in [1.165, 1.54) is 43.5 Å². The van der Waals surface area contributed by atoms with Crippen LogP contribution in [0.2, 0.25) is 0 Å². The van der Waals surface area contributed by atoms with E-state index < -0.39 is 0 Å². The van der Waals surface area contributed by atoms with Crippen molar-refractivity contribution in [3.8, 4) is 0 Å². The fourth-order valence-electron chi connectivity index (χ4n) is 5.41. The molecule has 5 rings (SSSR count). The Hall–Kier alpha value is -0.830. The van der Waals surface area contributed by atoms with Gasteiger partial charge in [0.25, 0.3) is 0 Å². The third kappa shape index (κ3) is 2.03. The van der Waals surface area contributed by atoms with Crippen LogP contribution in [0.3, 0.4) is 0 Å². The number of aromatic amines is 1. The van der Waals surface area contributed by atoms with Crippen molar-refractivity contribution >= 4 is 0 Å². The molecular weight excluding hydrogens is 234 g/mol. The molecule has 4 bridgehead atoms. The fourth-order valence-corrected chi connectivity index (χ4v) is 5.41. The Morgan fingerprint density at radius 3 is 2.42 bits per heavy atom. The summed E-state index contributed by atoms with van der Waals surface area (Å²) < 4.78 is 0. The molecule has 4 aliphatic rings. The number of hydrogen-bond acceptors (Lipinski definition) is 2. The molecule has 0 radical (unpaired) electrons. The van der Waals surface area contributed by atoms with Crippen molar-refractivity contribution in [1.82, 2.24) is 10.2 Å². The van der Waals surface area contributed by atoms with Crippen molar-refractivity contribution in [1.29, 1.82) is 0 Å². The third-order valence-corrected chi connectivity index (χ3v) is 5.76. The number of aromatic nitrogens is 2. The molecule has 4 fully saturated rings. The van der Waals surface area contributed by atoms with E-state index >= 15 is 0 Å². The Labute approximate surface area is 115 Å². The molecule has 3 N–H and O–H groups in total. The lowest BCUT2D eigenvalue weighted by Gasteiger charge is -2.54. The summed E-state index contributed by atoms with van der Waals surface area (Å²) in [6.07, 6.45) is 8.30. The van der Waals surface area contributed by atoms with Crippen LogP contribution in [0.1, 0.15) is 56.3 Å². The van der Waals surface area contributed by atoms with Gasteiger partial charge >= 0.3 is 0 Å². The van der Waals surface area contributed by atoms with Gasteiger partial charge in [0.2, 0.25) is 0 Å². The van der Waals surface area contributed by atoms with Crippen LogP contribution in [0.4, 0.5) is 0 Å². The second kappa shape index (κ2) is 4.34. The maximum Gasteiger partial charge on any atom is 0.0661 e. The quantitative estimate of drug-likeness (QED) is 0.877. The highest BCUT2D eigenvalue weighted by Gasteiger charge is 2.49. The summed E-state index contributed by atoms with van der Waals surface area (Å²) in [5, 5.41) is 7.85. The van der Waals surface area contributed by atoms with E-state index in [9.17, 15) is 0 Å². The van der Waals surface area contributed by atoms with Gasteiger partial charge in [-0.2, -0.15) is 5.10 Å². The molecule has 1 heterocycles. The highest BCUT2D eigenvalue weighted by molar-refractivity contribution is 5.19. The summed E-state index contributed by atoms with van der Waals surface area (Å²) in [5.74, 6) is 4.67. The van der Waals surface area contributed by atoms with Gasteiger partial charge in [-0.15, -0.1) is 0 Å². The number of rotatable bonds is 3. The molecular formula is C16H25N3. The van der Waals surface area contributed by atoms with E-state index in [2.05, 4.69) is 23.2 Å². The van der Waals surface area contributed by atoms with Gasteiger partial charge in [-0.05, 0) is 68.8 Å². The summed E-state index contributed by atoms with van der Waals surface area (Å²) in [6.45, 7) is 2.06. The fraction of sp³-hybridized carbons (Fsp3) is 0.812. The van der Waals surface area contributed by atoms with Crippen LogP contribution in [-0.2, 0) is 6.42 Å². The number of nitrogens with one attached hydrogen (secondary N) is 1. The molecule has 3 heteroatoms. The third-order valence-electron chi connectivity index (χ3n) is 5.76. The molecule has 0 amide bonds. The average molecular weight is 259 g/mol. The van der Waals surface area contributed by atoms with Crippen LogP contribution in [0.5, 0.6) is 0 Å². The van der Waals surface area contributed by atoms with E-state index in [1.807, 2.05) is 0 Å². The van der Waals surface area contributed by atoms with Gasteiger partial charge in [-0.1, -0.05) is 0 Å². The Morgan fingerprint density at radius 2 is 1.84 bits per heavy atom. The number of nitrogens with two attached hydrogens (primary N) is 1. The molecule has 0 aromatic carbocycles. The Bertz CT molecular complexity index is 434. The SMILES string of the molecule is CC(N)Cc1cc(C2C3CC4CC(C3)CC2C4)n[nH]1. The second-order valence-electron chi connectivity index (χ2n) is 7.46. The van der Waals surface area contributed by atoms with E-state index in [1.54, 1.807) is 0 Å². The molecule has 0 saturated heterocycles. The minimum absolute atomic E-state index is 0.215. The maximum absolute atomic E-state index is 5.88. The summed E-state index contributed by atoms with van der Waals surface area (Å²) in [7, 11) is 0. The lowest BCUT2D eigenvalue weighted by Crippen LogP contribution is -2.43. The first-order valence-corrected chi connectivity index (χ1v) is 7.98. The van der Waals surface area contributed by atoms with Crippen molar-refractivity contribution in [2.75, 3.05) is 0 Å². The first-order chi connectivity index (χ1) is 9.19. The standard InChI is InChI=1S/C16H25N3/c1-9(17)2-14-8-15(19-18-14)16-12-4-10-3-11(6-12)7-13(16)5-10/h8-13,16H,2-7,17H2,1H3,(H,18,19). The Kier molecular flexibility index (Phi) is 2.73. The molecule has 1 aromatic rings. The van der Waals surface area contributed by atoms with Crippen molar-refractivity contribution in [3.05, 3.63) is 17.5 Å². The monoisotopic (exact) mass is 259 g/mol. The molecule has 104 valence electrons. The summed E-state index contributed by atoms with van der Waals surface area (Å²) in [5.41, 5.74) is 8.44. The lowest BCUT2D eigenvalue weighted by atomic mass is 9.51. The molecule has 1 aromatic heterocycles. The molecule has 19 heavy (non-hydrogen) atoms. The van der Waals surface area contributed by atoms with Gasteiger partial charge in [0.1, 0.15) is 0 Å². The largest absolute Gasteiger partial charge is 0.328 e. The van der Waals surface area contributed by atoms with E-state index in [0.29, 0.717) is 0 Å². The van der Waals surface area contributed by atoms with Crippen molar-refractivity contribution in [3.63, 3.8) is 0 Å². The van der Waals surface area contributed by atoms with E-state index in [0.717, 1.165) is 36.0 Å². The lowest BCUT2D eigenvalue weighted by molar-refractivity contribution is -0.00416. The van der Waals surface area contributed by atoms with Crippen molar-refractivity contribution in [2.45, 2.75) is 57.4 Å². The van der Waals surface area contributed by atoms with E-state index in [4.69, 9.17) is 5.73 Å². The van der Waals surface area contributed by atoms with Gasteiger partial charge in [0.05, 0.1) is 5.69 Å². The topological polar surface area (TPSA) is 54.7 Å². The van der Waals surface area contributed by atoms with E-state index in [-0.39, 0.29) is 6.04 Å². The van der Waals surface area contributed by atoms with Crippen molar-refractivity contribution in [2.24, 2.45) is 29.4 Å². The van der Waals surface area contributed by atoms with Gasteiger partial charge in [-0.25, -0.2) is 0 Å². The molecule has 1 unspecified atom stereocenters. The number of nitrogens with zero attached hydrogens (tertiary/aromatic N) is 1. The highest BCUT2D eigenvalue weighted by atomic mass is 15.1. The van der Waals surface area contributed by atoms with Crippen LogP contribution in [0, 0.1) is 23.7 Å². The summed E-state index contributed by atoms with van der Waals surface area (Å²) >= 11 is 0. The zero-order valence-corrected chi connectivity index (χ0v) is 11.8. The zero-order valence-electron chi connectivity index (χ0n) is 11.8. The van der Waals surface area contributed by atoms with Gasteiger partial charge < -0.3 is 5.73 Å². The first kappa shape index (κ1) is 12.0. The molecule has 0 aliphatic heterocycles. The molecule has 3 nitrogen and oxygen atoms in total. The van der Waals surface area contributed by atoms with Crippen molar-refractivity contribution < 1.29 is 0 Å². The van der Waals surface area contributed by atoms with Gasteiger partial charge in [-0.3, -0.25) is 5.10 Å². The number of H-pyrrole nitrogens is 1. The van der Waals surface area contributed by atoms with Gasteiger partial charge in [0.15, 0.2) is 0 Å². The normalized spacial score (nSPS) is 41.7. The minimum Gasteiger partial charge on any atom is -0.328 e. The second-order valence-corrected chi connectivity index (χ2v) is 7.46. The van der Waals surface area contributed by atoms with Crippen LogP contribution in [0.15, 0.2) is 6.07 Å². The smallest absolute Gasteiger partial charge is 0.0661 e. The zero-order chi connectivity index (χ0) is 13.0. The highest BCUT2D eigenvalue weighted by Crippen LogP contribution is 2.59. The first-order valence-electron chi connectivity index (χ1n) is 7.98. The van der Waals surface area contributed by atoms with Crippen LogP contribution in [0.25, 0.3) is 0 Å². The summed E-state index contributed by atoms with van der Waals surface area (Å²) in [6, 6.07) is 2.52. The predicted molar refractivity (Wildman–Crippen MR) is 75.7 cm³/mol.